The molecule has 1 N–H and O–H groups in total. The molecule has 0 spiro atoms. The number of rotatable bonds is 4. The van der Waals surface area contributed by atoms with E-state index < -0.39 is 10.7 Å². The molecule has 21 heavy (non-hydrogen) atoms. The summed E-state index contributed by atoms with van der Waals surface area (Å²) < 4.78 is 13.9. The second kappa shape index (κ2) is 6.60. The van der Waals surface area contributed by atoms with E-state index in [1.54, 1.807) is 12.1 Å². The van der Waals surface area contributed by atoms with Crippen LogP contribution in [-0.4, -0.2) is 4.92 Å². The van der Waals surface area contributed by atoms with Gasteiger partial charge in [0.25, 0.3) is 5.69 Å². The molecular weight excluding hydrogens is 386 g/mol. The Labute approximate surface area is 138 Å². The zero-order valence-electron chi connectivity index (χ0n) is 10.4. The fourth-order valence-corrected chi connectivity index (χ4v) is 3.11. The van der Waals surface area contributed by atoms with E-state index in [9.17, 15) is 14.5 Å². The molecule has 0 amide bonds. The van der Waals surface area contributed by atoms with Crippen LogP contribution in [0.5, 0.6) is 0 Å². The molecule has 0 aliphatic rings. The summed E-state index contributed by atoms with van der Waals surface area (Å²) in [6.45, 7) is 0.0230. The van der Waals surface area contributed by atoms with Gasteiger partial charge in [-0.3, -0.25) is 10.1 Å². The van der Waals surface area contributed by atoms with Crippen LogP contribution < -0.4 is 5.32 Å². The maximum absolute atomic E-state index is 13.2. The first-order chi connectivity index (χ1) is 9.88. The third kappa shape index (κ3) is 3.84. The van der Waals surface area contributed by atoms with Gasteiger partial charge in [-0.1, -0.05) is 39.1 Å². The third-order valence-electron chi connectivity index (χ3n) is 2.70. The summed E-state index contributed by atoms with van der Waals surface area (Å²) >= 11 is 15.3. The number of benzene rings is 2. The number of hydrogen-bond acceptors (Lipinski definition) is 3. The Balaban J connectivity index is 2.28. The lowest BCUT2D eigenvalue weighted by Gasteiger charge is -2.11. The van der Waals surface area contributed by atoms with Crippen molar-refractivity contribution in [3.05, 3.63) is 66.3 Å². The van der Waals surface area contributed by atoms with E-state index in [0.29, 0.717) is 20.2 Å². The molecule has 0 saturated carbocycles. The van der Waals surface area contributed by atoms with Crippen LogP contribution in [0.1, 0.15) is 5.56 Å². The smallest absolute Gasteiger partial charge is 0.274 e. The quantitative estimate of drug-likeness (QED) is 0.557. The van der Waals surface area contributed by atoms with E-state index in [1.165, 1.54) is 0 Å². The Bertz CT molecular complexity index is 690. The number of nitro benzene ring substituents is 1. The van der Waals surface area contributed by atoms with Gasteiger partial charge in [0.2, 0.25) is 0 Å². The molecule has 2 aromatic rings. The number of halogens is 4. The normalized spacial score (nSPS) is 10.5. The number of nitrogens with zero attached hydrogens (tertiary/aromatic N) is 1. The van der Waals surface area contributed by atoms with Crippen LogP contribution in [-0.2, 0) is 6.54 Å². The molecule has 0 heterocycles. The Hall–Kier alpha value is -1.37. The van der Waals surface area contributed by atoms with Gasteiger partial charge in [0.15, 0.2) is 0 Å². The van der Waals surface area contributed by atoms with Gasteiger partial charge in [0.1, 0.15) is 5.82 Å². The molecule has 0 aliphatic heterocycles. The van der Waals surface area contributed by atoms with Crippen molar-refractivity contribution >= 4 is 50.5 Å². The number of anilines is 1. The topological polar surface area (TPSA) is 55.2 Å². The molecule has 0 unspecified atom stereocenters. The van der Waals surface area contributed by atoms with Crippen LogP contribution in [0.2, 0.25) is 10.0 Å². The lowest BCUT2D eigenvalue weighted by molar-refractivity contribution is -0.385. The van der Waals surface area contributed by atoms with Gasteiger partial charge in [-0.25, -0.2) is 4.39 Å². The Morgan fingerprint density at radius 1 is 1.24 bits per heavy atom. The van der Waals surface area contributed by atoms with Crippen molar-refractivity contribution in [2.24, 2.45) is 0 Å². The van der Waals surface area contributed by atoms with E-state index in [0.717, 1.165) is 18.2 Å². The molecule has 0 atom stereocenters. The summed E-state index contributed by atoms with van der Waals surface area (Å²) in [5, 5.41) is 14.5. The highest BCUT2D eigenvalue weighted by atomic mass is 79.9. The molecule has 2 aromatic carbocycles. The second-order valence-electron chi connectivity index (χ2n) is 4.13. The molecule has 8 heteroatoms. The molecule has 2 rings (SSSR count). The fourth-order valence-electron chi connectivity index (χ4n) is 1.77. The highest BCUT2D eigenvalue weighted by molar-refractivity contribution is 9.10. The number of hydrogen-bond donors (Lipinski definition) is 1. The van der Waals surface area contributed by atoms with E-state index >= 15 is 0 Å². The van der Waals surface area contributed by atoms with Crippen LogP contribution >= 0.6 is 39.1 Å². The van der Waals surface area contributed by atoms with E-state index in [1.807, 2.05) is 0 Å². The average Bonchev–Trinajstić information content (AvgIpc) is 2.37. The Morgan fingerprint density at radius 3 is 2.43 bits per heavy atom. The summed E-state index contributed by atoms with van der Waals surface area (Å²) in [4.78, 5) is 10.4. The summed E-state index contributed by atoms with van der Waals surface area (Å²) in [6.07, 6.45) is 0. The first-order valence-electron chi connectivity index (χ1n) is 5.69. The van der Waals surface area contributed by atoms with Gasteiger partial charge in [-0.15, -0.1) is 0 Å². The highest BCUT2D eigenvalue weighted by Gasteiger charge is 2.15. The van der Waals surface area contributed by atoms with Gasteiger partial charge < -0.3 is 5.32 Å². The van der Waals surface area contributed by atoms with Gasteiger partial charge in [-0.2, -0.15) is 0 Å². The minimum Gasteiger partial charge on any atom is -0.378 e. The molecule has 0 saturated heterocycles. The van der Waals surface area contributed by atoms with E-state index in [-0.39, 0.29) is 17.8 Å². The minimum absolute atomic E-state index is 0.0230. The maximum Gasteiger partial charge on any atom is 0.274 e. The monoisotopic (exact) mass is 392 g/mol. The summed E-state index contributed by atoms with van der Waals surface area (Å²) in [5.74, 6) is -0.551. The maximum atomic E-state index is 13.2. The highest BCUT2D eigenvalue weighted by Crippen LogP contribution is 2.34. The molecule has 0 bridgehead atoms. The standard InChI is InChI=1S/C13H8BrCl2FN2O2/c14-8-4-10(15)13(11(16)5-8)18-6-7-3-9(17)1-2-12(7)19(20)21/h1-5,18H,6H2. The summed E-state index contributed by atoms with van der Waals surface area (Å²) in [6, 6.07) is 6.54. The molecule has 0 aromatic heterocycles. The van der Waals surface area contributed by atoms with Crippen molar-refractivity contribution in [2.45, 2.75) is 6.54 Å². The second-order valence-corrected chi connectivity index (χ2v) is 5.86. The third-order valence-corrected chi connectivity index (χ3v) is 3.75. The van der Waals surface area contributed by atoms with Crippen LogP contribution in [0, 0.1) is 15.9 Å². The van der Waals surface area contributed by atoms with E-state index in [2.05, 4.69) is 21.2 Å². The molecule has 0 aliphatic carbocycles. The van der Waals surface area contributed by atoms with Crippen molar-refractivity contribution in [3.8, 4) is 0 Å². The van der Waals surface area contributed by atoms with Crippen LogP contribution in [0.15, 0.2) is 34.8 Å². The van der Waals surface area contributed by atoms with Crippen molar-refractivity contribution in [3.63, 3.8) is 0 Å². The summed E-state index contributed by atoms with van der Waals surface area (Å²) in [5.41, 5.74) is 0.461. The Kier molecular flexibility index (Phi) is 5.03. The SMILES string of the molecule is O=[N+]([O-])c1ccc(F)cc1CNc1c(Cl)cc(Br)cc1Cl. The van der Waals surface area contributed by atoms with Crippen molar-refractivity contribution in [1.29, 1.82) is 0 Å². The van der Waals surface area contributed by atoms with Crippen LogP contribution in [0.4, 0.5) is 15.8 Å². The summed E-state index contributed by atoms with van der Waals surface area (Å²) in [7, 11) is 0. The minimum atomic E-state index is -0.568. The molecule has 0 radical (unpaired) electrons. The average molecular weight is 394 g/mol. The number of nitro groups is 1. The largest absolute Gasteiger partial charge is 0.378 e. The van der Waals surface area contributed by atoms with Gasteiger partial charge in [-0.05, 0) is 24.3 Å². The molecule has 4 nitrogen and oxygen atoms in total. The predicted molar refractivity (Wildman–Crippen MR) is 84.5 cm³/mol. The van der Waals surface area contributed by atoms with Crippen molar-refractivity contribution in [1.82, 2.24) is 0 Å². The first-order valence-corrected chi connectivity index (χ1v) is 7.24. The van der Waals surface area contributed by atoms with E-state index in [4.69, 9.17) is 23.2 Å². The van der Waals surface area contributed by atoms with Crippen LogP contribution in [0.25, 0.3) is 0 Å². The van der Waals surface area contributed by atoms with Crippen molar-refractivity contribution < 1.29 is 9.31 Å². The van der Waals surface area contributed by atoms with Gasteiger partial charge in [0.05, 0.1) is 26.2 Å². The van der Waals surface area contributed by atoms with Gasteiger partial charge in [0, 0.05) is 17.1 Å². The molecular formula is C13H8BrCl2FN2O2. The predicted octanol–water partition coefficient (Wildman–Crippen LogP) is 5.42. The molecule has 0 fully saturated rings. The molecule has 110 valence electrons. The lowest BCUT2D eigenvalue weighted by Crippen LogP contribution is -2.04. The van der Waals surface area contributed by atoms with Crippen LogP contribution in [0.3, 0.4) is 0 Å². The zero-order valence-corrected chi connectivity index (χ0v) is 13.5. The van der Waals surface area contributed by atoms with Gasteiger partial charge >= 0.3 is 0 Å². The fraction of sp³-hybridized carbons (Fsp3) is 0.0769. The van der Waals surface area contributed by atoms with Crippen molar-refractivity contribution in [2.75, 3.05) is 5.32 Å². The lowest BCUT2D eigenvalue weighted by atomic mass is 10.1. The number of nitrogens with one attached hydrogen (secondary N) is 1. The zero-order chi connectivity index (χ0) is 15.6. The Morgan fingerprint density at radius 2 is 1.86 bits per heavy atom. The first kappa shape index (κ1) is 16.0.